The fraction of sp³-hybridized carbons (Fsp3) is 0.526. The van der Waals surface area contributed by atoms with Crippen LogP contribution in [0.1, 0.15) is 18.4 Å². The molecule has 2 aliphatic rings. The number of sulfonamides is 1. The van der Waals surface area contributed by atoms with Crippen molar-refractivity contribution in [2.45, 2.75) is 17.7 Å². The molecular weight excluding hydrogens is 394 g/mol. The molecule has 0 atom stereocenters. The molecule has 1 aromatic carbocycles. The van der Waals surface area contributed by atoms with Gasteiger partial charge in [-0.2, -0.15) is 9.57 Å². The lowest BCUT2D eigenvalue weighted by Gasteiger charge is -2.36. The summed E-state index contributed by atoms with van der Waals surface area (Å²) in [5.74, 6) is -0.449. The van der Waals surface area contributed by atoms with Gasteiger partial charge in [-0.05, 0) is 38.1 Å². The molecule has 2 fully saturated rings. The zero-order chi connectivity index (χ0) is 21.0. The molecule has 2 aliphatic heterocycles. The molecule has 10 heteroatoms. The fourth-order valence-electron chi connectivity index (χ4n) is 3.77. The van der Waals surface area contributed by atoms with Crippen LogP contribution < -0.4 is 5.73 Å². The normalized spacial score (nSPS) is 19.6. The Labute approximate surface area is 170 Å². The molecule has 9 nitrogen and oxygen atoms in total. The number of likely N-dealkylation sites (tertiary alicyclic amines) is 1. The van der Waals surface area contributed by atoms with Crippen LogP contribution in [-0.4, -0.2) is 80.2 Å². The van der Waals surface area contributed by atoms with Crippen molar-refractivity contribution in [3.8, 4) is 6.07 Å². The third-order valence-corrected chi connectivity index (χ3v) is 7.52. The maximum atomic E-state index is 12.9. The third-order valence-electron chi connectivity index (χ3n) is 5.57. The minimum Gasteiger partial charge on any atom is -0.369 e. The van der Waals surface area contributed by atoms with Crippen LogP contribution in [0.2, 0.25) is 0 Å². The first-order chi connectivity index (χ1) is 13.8. The Morgan fingerprint density at radius 3 is 2.28 bits per heavy atom. The Morgan fingerprint density at radius 1 is 1.07 bits per heavy atom. The van der Waals surface area contributed by atoms with Crippen molar-refractivity contribution in [3.63, 3.8) is 0 Å². The van der Waals surface area contributed by atoms with Crippen molar-refractivity contribution in [1.29, 1.82) is 5.26 Å². The summed E-state index contributed by atoms with van der Waals surface area (Å²) in [5, 5.41) is 9.18. The molecule has 1 aromatic rings. The van der Waals surface area contributed by atoms with Gasteiger partial charge in [0.2, 0.25) is 21.8 Å². The molecule has 156 valence electrons. The number of amides is 2. The lowest BCUT2D eigenvalue weighted by Crippen LogP contribution is -2.53. The summed E-state index contributed by atoms with van der Waals surface area (Å²) in [5.41, 5.74) is 5.45. The van der Waals surface area contributed by atoms with Gasteiger partial charge in [-0.1, -0.05) is 12.1 Å². The number of piperazine rings is 1. The number of hydrogen-bond donors (Lipinski definition) is 1. The topological polar surface area (TPSA) is 128 Å². The van der Waals surface area contributed by atoms with E-state index in [1.165, 1.54) is 16.4 Å². The summed E-state index contributed by atoms with van der Waals surface area (Å²) in [7, 11) is -3.78. The Hall–Kier alpha value is -2.48. The van der Waals surface area contributed by atoms with Crippen LogP contribution in [-0.2, 0) is 19.6 Å². The molecule has 0 bridgehead atoms. The Morgan fingerprint density at radius 2 is 1.69 bits per heavy atom. The van der Waals surface area contributed by atoms with Gasteiger partial charge >= 0.3 is 0 Å². The average molecular weight is 420 g/mol. The third kappa shape index (κ3) is 4.75. The summed E-state index contributed by atoms with van der Waals surface area (Å²) in [6.45, 7) is 2.57. The average Bonchev–Trinajstić information content (AvgIpc) is 2.74. The zero-order valence-corrected chi connectivity index (χ0v) is 17.0. The highest BCUT2D eigenvalue weighted by Gasteiger charge is 2.32. The van der Waals surface area contributed by atoms with E-state index in [0.29, 0.717) is 39.0 Å². The second-order valence-corrected chi connectivity index (χ2v) is 9.25. The van der Waals surface area contributed by atoms with E-state index in [1.807, 2.05) is 11.0 Å². The predicted molar refractivity (Wildman–Crippen MR) is 105 cm³/mol. The van der Waals surface area contributed by atoms with E-state index in [2.05, 4.69) is 0 Å². The predicted octanol–water partition coefficient (Wildman–Crippen LogP) is -0.412. The molecule has 2 N–H and O–H groups in total. The summed E-state index contributed by atoms with van der Waals surface area (Å²) in [6.07, 6.45) is 1.32. The highest BCUT2D eigenvalue weighted by molar-refractivity contribution is 7.89. The van der Waals surface area contributed by atoms with Crippen LogP contribution in [0.3, 0.4) is 0 Å². The molecule has 0 aromatic heterocycles. The number of nitrogens with zero attached hydrogens (tertiary/aromatic N) is 4. The Bertz CT molecular complexity index is 911. The highest BCUT2D eigenvalue weighted by Crippen LogP contribution is 2.21. The van der Waals surface area contributed by atoms with Crippen LogP contribution in [0.4, 0.5) is 0 Å². The maximum absolute atomic E-state index is 12.9. The molecule has 0 aliphatic carbocycles. The molecule has 2 heterocycles. The van der Waals surface area contributed by atoms with Crippen molar-refractivity contribution >= 4 is 21.8 Å². The number of benzene rings is 1. The van der Waals surface area contributed by atoms with Crippen molar-refractivity contribution in [3.05, 3.63) is 29.8 Å². The van der Waals surface area contributed by atoms with Crippen molar-refractivity contribution < 1.29 is 18.0 Å². The first-order valence-corrected chi connectivity index (χ1v) is 11.1. The van der Waals surface area contributed by atoms with Crippen LogP contribution >= 0.6 is 0 Å². The summed E-state index contributed by atoms with van der Waals surface area (Å²) < 4.78 is 27.1. The molecule has 0 saturated carbocycles. The first-order valence-electron chi connectivity index (χ1n) is 9.61. The number of carbonyl (C=O) groups excluding carboxylic acids is 2. The van der Waals surface area contributed by atoms with E-state index in [1.54, 1.807) is 17.0 Å². The highest BCUT2D eigenvalue weighted by atomic mass is 32.2. The van der Waals surface area contributed by atoms with E-state index in [9.17, 15) is 23.3 Å². The number of primary amides is 1. The number of nitriles is 1. The van der Waals surface area contributed by atoms with Gasteiger partial charge in [0.05, 0.1) is 17.0 Å². The van der Waals surface area contributed by atoms with E-state index in [4.69, 9.17) is 5.73 Å². The molecule has 0 radical (unpaired) electrons. The van der Waals surface area contributed by atoms with Crippen LogP contribution in [0, 0.1) is 17.2 Å². The standard InChI is InChI=1S/C19H25N5O4S/c20-13-16-3-1-2-4-17(16)29(27,28)24-11-9-23(10-12-24)18(25)14-22-7-5-15(6-8-22)19(21)26/h1-4,15H,5-12,14H2,(H2,21,26). The van der Waals surface area contributed by atoms with Gasteiger partial charge in [-0.3, -0.25) is 14.5 Å². The van der Waals surface area contributed by atoms with Gasteiger partial charge in [0.25, 0.3) is 0 Å². The summed E-state index contributed by atoms with van der Waals surface area (Å²) in [4.78, 5) is 27.5. The van der Waals surface area contributed by atoms with Crippen molar-refractivity contribution in [2.24, 2.45) is 11.7 Å². The summed E-state index contributed by atoms with van der Waals surface area (Å²) in [6, 6.07) is 8.05. The molecule has 3 rings (SSSR count). The van der Waals surface area contributed by atoms with E-state index in [0.717, 1.165) is 0 Å². The molecule has 29 heavy (non-hydrogen) atoms. The van der Waals surface area contributed by atoms with E-state index >= 15 is 0 Å². The number of hydrogen-bond acceptors (Lipinski definition) is 6. The zero-order valence-electron chi connectivity index (χ0n) is 16.2. The largest absolute Gasteiger partial charge is 0.369 e. The summed E-state index contributed by atoms with van der Waals surface area (Å²) >= 11 is 0. The maximum Gasteiger partial charge on any atom is 0.244 e. The molecular formula is C19H25N5O4S. The van der Waals surface area contributed by atoms with Gasteiger partial charge in [-0.25, -0.2) is 8.42 Å². The van der Waals surface area contributed by atoms with Gasteiger partial charge in [0, 0.05) is 32.1 Å². The molecule has 0 spiro atoms. The van der Waals surface area contributed by atoms with Gasteiger partial charge in [-0.15, -0.1) is 0 Å². The number of rotatable bonds is 5. The number of piperidine rings is 1. The minimum absolute atomic E-state index is 0.000372. The molecule has 2 saturated heterocycles. The van der Waals surface area contributed by atoms with E-state index < -0.39 is 10.0 Å². The molecule has 0 unspecified atom stereocenters. The lowest BCUT2D eigenvalue weighted by molar-refractivity contribution is -0.134. The number of nitrogens with two attached hydrogens (primary N) is 1. The molecule has 2 amide bonds. The van der Waals surface area contributed by atoms with Gasteiger partial charge in [0.1, 0.15) is 6.07 Å². The van der Waals surface area contributed by atoms with Gasteiger partial charge in [0.15, 0.2) is 0 Å². The lowest BCUT2D eigenvalue weighted by atomic mass is 9.96. The fourth-order valence-corrected chi connectivity index (χ4v) is 5.33. The van der Waals surface area contributed by atoms with E-state index in [-0.39, 0.29) is 47.8 Å². The Balaban J connectivity index is 1.54. The number of carbonyl (C=O) groups is 2. The van der Waals surface area contributed by atoms with Crippen LogP contribution in [0.25, 0.3) is 0 Å². The second-order valence-electron chi connectivity index (χ2n) is 7.35. The quantitative estimate of drug-likeness (QED) is 0.691. The minimum atomic E-state index is -3.78. The van der Waals surface area contributed by atoms with Crippen molar-refractivity contribution in [1.82, 2.24) is 14.1 Å². The SMILES string of the molecule is N#Cc1ccccc1S(=O)(=O)N1CCN(C(=O)CN2CCC(C(N)=O)CC2)CC1. The van der Waals surface area contributed by atoms with Crippen LogP contribution in [0.15, 0.2) is 29.2 Å². The van der Waals surface area contributed by atoms with Crippen LogP contribution in [0.5, 0.6) is 0 Å². The monoisotopic (exact) mass is 419 g/mol. The Kier molecular flexibility index (Phi) is 6.52. The van der Waals surface area contributed by atoms with Crippen molar-refractivity contribution in [2.75, 3.05) is 45.8 Å². The smallest absolute Gasteiger partial charge is 0.244 e. The second kappa shape index (κ2) is 8.90. The first kappa shape index (κ1) is 21.2. The van der Waals surface area contributed by atoms with Gasteiger partial charge < -0.3 is 10.6 Å².